The number of aliphatic hydroxyl groups excluding tert-OH is 1. The van der Waals surface area contributed by atoms with Crippen LogP contribution in [-0.4, -0.2) is 40.3 Å². The summed E-state index contributed by atoms with van der Waals surface area (Å²) in [5.74, 6) is 0.486. The number of hydrogen-bond acceptors (Lipinski definition) is 7. The van der Waals surface area contributed by atoms with Crippen molar-refractivity contribution in [1.82, 2.24) is 15.0 Å². The number of methoxy groups -OCH3 is 1. The molecule has 0 atom stereocenters. The zero-order valence-corrected chi connectivity index (χ0v) is 10.4. The SMILES string of the molecule is COc1nc(N)nc(NCC(C)(C)CCO)n1. The molecule has 0 unspecified atom stereocenters. The molecule has 0 fully saturated rings. The second-order valence-corrected chi connectivity index (χ2v) is 4.50. The van der Waals surface area contributed by atoms with Crippen molar-refractivity contribution in [3.05, 3.63) is 0 Å². The van der Waals surface area contributed by atoms with Gasteiger partial charge in [-0.25, -0.2) is 0 Å². The van der Waals surface area contributed by atoms with E-state index in [4.69, 9.17) is 15.6 Å². The van der Waals surface area contributed by atoms with Gasteiger partial charge in [0.25, 0.3) is 0 Å². The normalized spacial score (nSPS) is 11.3. The van der Waals surface area contributed by atoms with Gasteiger partial charge in [0.2, 0.25) is 11.9 Å². The van der Waals surface area contributed by atoms with E-state index in [-0.39, 0.29) is 24.0 Å². The molecule has 1 rings (SSSR count). The van der Waals surface area contributed by atoms with Gasteiger partial charge in [0.05, 0.1) is 7.11 Å². The molecule has 1 aromatic rings. The third-order valence-electron chi connectivity index (χ3n) is 2.33. The van der Waals surface area contributed by atoms with Crippen molar-refractivity contribution in [2.45, 2.75) is 20.3 Å². The molecular weight excluding hydrogens is 222 g/mol. The topological polar surface area (TPSA) is 106 Å². The van der Waals surface area contributed by atoms with E-state index in [1.807, 2.05) is 13.8 Å². The number of nitrogens with one attached hydrogen (secondary N) is 1. The second-order valence-electron chi connectivity index (χ2n) is 4.50. The zero-order valence-electron chi connectivity index (χ0n) is 10.4. The number of nitrogens with zero attached hydrogens (tertiary/aromatic N) is 3. The van der Waals surface area contributed by atoms with Crippen LogP contribution in [0, 0.1) is 5.41 Å². The fourth-order valence-electron chi connectivity index (χ4n) is 1.25. The maximum atomic E-state index is 8.92. The first-order valence-electron chi connectivity index (χ1n) is 5.37. The maximum absolute atomic E-state index is 8.92. The van der Waals surface area contributed by atoms with Crippen molar-refractivity contribution < 1.29 is 9.84 Å². The van der Waals surface area contributed by atoms with Gasteiger partial charge in [-0.3, -0.25) is 0 Å². The Labute approximate surface area is 100 Å². The van der Waals surface area contributed by atoms with Crippen LogP contribution in [0.15, 0.2) is 0 Å². The van der Waals surface area contributed by atoms with E-state index in [1.165, 1.54) is 7.11 Å². The number of aliphatic hydroxyl groups is 1. The average molecular weight is 241 g/mol. The minimum Gasteiger partial charge on any atom is -0.467 e. The highest BCUT2D eigenvalue weighted by Crippen LogP contribution is 2.20. The molecule has 0 aliphatic heterocycles. The Bertz CT molecular complexity index is 370. The molecule has 0 saturated heterocycles. The predicted octanol–water partition coefficient (Wildman–Crippen LogP) is 0.283. The first-order valence-corrected chi connectivity index (χ1v) is 5.37. The maximum Gasteiger partial charge on any atom is 0.322 e. The van der Waals surface area contributed by atoms with Crippen molar-refractivity contribution in [3.8, 4) is 6.01 Å². The summed E-state index contributed by atoms with van der Waals surface area (Å²) in [5, 5.41) is 12.0. The van der Waals surface area contributed by atoms with Gasteiger partial charge in [0.1, 0.15) is 0 Å². The first-order chi connectivity index (χ1) is 7.96. The molecule has 0 spiro atoms. The fraction of sp³-hybridized carbons (Fsp3) is 0.700. The number of anilines is 2. The molecule has 1 aromatic heterocycles. The third kappa shape index (κ3) is 4.39. The molecule has 7 nitrogen and oxygen atoms in total. The van der Waals surface area contributed by atoms with Crippen LogP contribution in [0.1, 0.15) is 20.3 Å². The number of aromatic nitrogens is 3. The fourth-order valence-corrected chi connectivity index (χ4v) is 1.25. The van der Waals surface area contributed by atoms with E-state index in [1.54, 1.807) is 0 Å². The lowest BCUT2D eigenvalue weighted by Gasteiger charge is -2.23. The molecule has 7 heteroatoms. The van der Waals surface area contributed by atoms with E-state index in [9.17, 15) is 0 Å². The van der Waals surface area contributed by atoms with Crippen LogP contribution >= 0.6 is 0 Å². The van der Waals surface area contributed by atoms with Crippen LogP contribution in [0.25, 0.3) is 0 Å². The molecule has 0 aromatic carbocycles. The predicted molar refractivity (Wildman–Crippen MR) is 64.8 cm³/mol. The van der Waals surface area contributed by atoms with Crippen molar-refractivity contribution in [3.63, 3.8) is 0 Å². The molecule has 96 valence electrons. The molecule has 0 radical (unpaired) electrons. The highest BCUT2D eigenvalue weighted by atomic mass is 16.5. The van der Waals surface area contributed by atoms with Gasteiger partial charge in [0, 0.05) is 13.2 Å². The van der Waals surface area contributed by atoms with Crippen LogP contribution in [0.3, 0.4) is 0 Å². The molecule has 0 bridgehead atoms. The van der Waals surface area contributed by atoms with Gasteiger partial charge in [-0.2, -0.15) is 15.0 Å². The molecular formula is C10H19N5O2. The highest BCUT2D eigenvalue weighted by molar-refractivity contribution is 5.32. The van der Waals surface area contributed by atoms with Gasteiger partial charge < -0.3 is 20.9 Å². The van der Waals surface area contributed by atoms with E-state index < -0.39 is 0 Å². The second kappa shape index (κ2) is 5.62. The summed E-state index contributed by atoms with van der Waals surface area (Å²) >= 11 is 0. The monoisotopic (exact) mass is 241 g/mol. The van der Waals surface area contributed by atoms with Gasteiger partial charge in [-0.05, 0) is 11.8 Å². The highest BCUT2D eigenvalue weighted by Gasteiger charge is 2.17. The Morgan fingerprint density at radius 1 is 1.35 bits per heavy atom. The van der Waals surface area contributed by atoms with Gasteiger partial charge in [-0.15, -0.1) is 0 Å². The van der Waals surface area contributed by atoms with Gasteiger partial charge in [-0.1, -0.05) is 13.8 Å². The molecule has 0 amide bonds. The average Bonchev–Trinajstić information content (AvgIpc) is 2.26. The summed E-state index contributed by atoms with van der Waals surface area (Å²) in [6.07, 6.45) is 0.692. The minimum atomic E-state index is -0.0522. The molecule has 0 aliphatic carbocycles. The third-order valence-corrected chi connectivity index (χ3v) is 2.33. The summed E-state index contributed by atoms with van der Waals surface area (Å²) in [5.41, 5.74) is 5.46. The lowest BCUT2D eigenvalue weighted by molar-refractivity contribution is 0.220. The smallest absolute Gasteiger partial charge is 0.322 e. The quantitative estimate of drug-likeness (QED) is 0.656. The van der Waals surface area contributed by atoms with E-state index in [2.05, 4.69) is 20.3 Å². The number of nitrogens with two attached hydrogens (primary N) is 1. The Kier molecular flexibility index (Phi) is 4.45. The van der Waals surface area contributed by atoms with Crippen LogP contribution in [0.2, 0.25) is 0 Å². The van der Waals surface area contributed by atoms with Crippen molar-refractivity contribution in [2.24, 2.45) is 5.41 Å². The molecule has 1 heterocycles. The molecule has 4 N–H and O–H groups in total. The zero-order chi connectivity index (χ0) is 12.9. The van der Waals surface area contributed by atoms with E-state index >= 15 is 0 Å². The summed E-state index contributed by atoms with van der Waals surface area (Å²) in [7, 11) is 1.47. The summed E-state index contributed by atoms with van der Waals surface area (Å²) < 4.78 is 4.89. The molecule has 17 heavy (non-hydrogen) atoms. The van der Waals surface area contributed by atoms with Crippen molar-refractivity contribution in [2.75, 3.05) is 31.3 Å². The van der Waals surface area contributed by atoms with E-state index in [0.717, 1.165) is 0 Å². The molecule has 0 saturated carbocycles. The number of ether oxygens (including phenoxy) is 1. The first kappa shape index (κ1) is 13.4. The van der Waals surface area contributed by atoms with E-state index in [0.29, 0.717) is 18.9 Å². The summed E-state index contributed by atoms with van der Waals surface area (Å²) in [6.45, 7) is 4.85. The Balaban J connectivity index is 2.65. The van der Waals surface area contributed by atoms with Crippen molar-refractivity contribution >= 4 is 11.9 Å². The summed E-state index contributed by atoms with van der Waals surface area (Å²) in [6, 6.07) is 0.181. The Hall–Kier alpha value is -1.63. The van der Waals surface area contributed by atoms with Crippen LogP contribution < -0.4 is 15.8 Å². The van der Waals surface area contributed by atoms with Crippen LogP contribution in [-0.2, 0) is 0 Å². The van der Waals surface area contributed by atoms with Crippen LogP contribution in [0.5, 0.6) is 6.01 Å². The molecule has 0 aliphatic rings. The lowest BCUT2D eigenvalue weighted by atomic mass is 9.90. The Morgan fingerprint density at radius 2 is 2.06 bits per heavy atom. The van der Waals surface area contributed by atoms with Gasteiger partial charge >= 0.3 is 6.01 Å². The number of nitrogen functional groups attached to an aromatic ring is 1. The van der Waals surface area contributed by atoms with Gasteiger partial charge in [0.15, 0.2) is 0 Å². The number of rotatable bonds is 6. The standard InChI is InChI=1S/C10H19N5O2/c1-10(2,4-5-16)6-12-8-13-7(11)14-9(15-8)17-3/h16H,4-6H2,1-3H3,(H3,11,12,13,14,15). The largest absolute Gasteiger partial charge is 0.467 e. The minimum absolute atomic E-state index is 0.0522. The number of hydrogen-bond donors (Lipinski definition) is 3. The summed E-state index contributed by atoms with van der Waals surface area (Å²) in [4.78, 5) is 11.8. The van der Waals surface area contributed by atoms with Crippen molar-refractivity contribution in [1.29, 1.82) is 0 Å². The lowest BCUT2D eigenvalue weighted by Crippen LogP contribution is -2.25. The van der Waals surface area contributed by atoms with Crippen LogP contribution in [0.4, 0.5) is 11.9 Å². The Morgan fingerprint density at radius 3 is 2.65 bits per heavy atom.